The zero-order valence-electron chi connectivity index (χ0n) is 13.0. The van der Waals surface area contributed by atoms with Gasteiger partial charge in [0.1, 0.15) is 0 Å². The molecule has 1 heterocycles. The van der Waals surface area contributed by atoms with Gasteiger partial charge in [0.25, 0.3) is 5.56 Å². The van der Waals surface area contributed by atoms with E-state index < -0.39 is 0 Å². The van der Waals surface area contributed by atoms with Crippen molar-refractivity contribution in [3.8, 4) is 5.69 Å². The van der Waals surface area contributed by atoms with E-state index in [1.807, 2.05) is 30.3 Å². The molecule has 0 bridgehead atoms. The molecule has 0 atom stereocenters. The standard InChI is InChI=1S/C16H22N4O2/c1-3-4-10-17-16(22)18-12-14-11-15(21)20(19(14)2)13-8-6-5-7-9-13/h5-9,11H,3-4,10,12H2,1-2H3,(H2,17,18,22). The van der Waals surface area contributed by atoms with E-state index in [0.29, 0.717) is 13.1 Å². The predicted octanol–water partition coefficient (Wildman–Crippen LogP) is 1.78. The number of hydrogen-bond acceptors (Lipinski definition) is 2. The van der Waals surface area contributed by atoms with Gasteiger partial charge in [0.05, 0.1) is 17.9 Å². The zero-order valence-corrected chi connectivity index (χ0v) is 13.0. The van der Waals surface area contributed by atoms with Gasteiger partial charge in [-0.25, -0.2) is 9.48 Å². The average Bonchev–Trinajstić information content (AvgIpc) is 2.80. The van der Waals surface area contributed by atoms with Crippen LogP contribution in [0.1, 0.15) is 25.5 Å². The van der Waals surface area contributed by atoms with Crippen molar-refractivity contribution in [1.82, 2.24) is 20.0 Å². The molecule has 6 nitrogen and oxygen atoms in total. The Balaban J connectivity index is 2.05. The summed E-state index contributed by atoms with van der Waals surface area (Å²) < 4.78 is 3.33. The summed E-state index contributed by atoms with van der Waals surface area (Å²) in [4.78, 5) is 23.8. The number of unbranched alkanes of at least 4 members (excludes halogenated alkanes) is 1. The maximum Gasteiger partial charge on any atom is 0.315 e. The number of benzene rings is 1. The number of carbonyl (C=O) groups is 1. The number of nitrogens with zero attached hydrogens (tertiary/aromatic N) is 2. The van der Waals surface area contributed by atoms with E-state index in [4.69, 9.17) is 0 Å². The summed E-state index contributed by atoms with van der Waals surface area (Å²) >= 11 is 0. The first kappa shape index (κ1) is 15.9. The van der Waals surface area contributed by atoms with E-state index in [-0.39, 0.29) is 11.6 Å². The van der Waals surface area contributed by atoms with Crippen LogP contribution in [0.4, 0.5) is 4.79 Å². The van der Waals surface area contributed by atoms with Gasteiger partial charge < -0.3 is 10.6 Å². The quantitative estimate of drug-likeness (QED) is 0.799. The Hall–Kier alpha value is -2.50. The van der Waals surface area contributed by atoms with Gasteiger partial charge in [0, 0.05) is 19.7 Å². The number of hydrogen-bond donors (Lipinski definition) is 2. The first-order valence-corrected chi connectivity index (χ1v) is 7.48. The number of nitrogens with one attached hydrogen (secondary N) is 2. The van der Waals surface area contributed by atoms with Crippen LogP contribution in [0.2, 0.25) is 0 Å². The zero-order chi connectivity index (χ0) is 15.9. The van der Waals surface area contributed by atoms with Crippen LogP contribution in [-0.4, -0.2) is 21.9 Å². The normalized spacial score (nSPS) is 10.5. The molecule has 0 spiro atoms. The molecular weight excluding hydrogens is 280 g/mol. The smallest absolute Gasteiger partial charge is 0.315 e. The van der Waals surface area contributed by atoms with Gasteiger partial charge >= 0.3 is 6.03 Å². The summed E-state index contributed by atoms with van der Waals surface area (Å²) in [6.07, 6.45) is 1.99. The van der Waals surface area contributed by atoms with Gasteiger partial charge in [-0.15, -0.1) is 0 Å². The van der Waals surface area contributed by atoms with E-state index in [0.717, 1.165) is 24.2 Å². The van der Waals surface area contributed by atoms with Gasteiger partial charge in [0.15, 0.2) is 0 Å². The Kier molecular flexibility index (Phi) is 5.41. The molecule has 0 radical (unpaired) electrons. The molecule has 0 aliphatic rings. The molecule has 0 aliphatic heterocycles. The Bertz CT molecular complexity index is 673. The van der Waals surface area contributed by atoms with Crippen LogP contribution in [-0.2, 0) is 13.6 Å². The SMILES string of the molecule is CCCCNC(=O)NCc1cc(=O)n(-c2ccccc2)n1C. The van der Waals surface area contributed by atoms with Crippen molar-refractivity contribution < 1.29 is 4.79 Å². The number of para-hydroxylation sites is 1. The lowest BCUT2D eigenvalue weighted by atomic mass is 10.3. The molecular formula is C16H22N4O2. The summed E-state index contributed by atoms with van der Waals surface area (Å²) in [7, 11) is 1.81. The number of urea groups is 1. The molecule has 0 aliphatic carbocycles. The van der Waals surface area contributed by atoms with Gasteiger partial charge in [-0.1, -0.05) is 31.5 Å². The lowest BCUT2D eigenvalue weighted by molar-refractivity contribution is 0.240. The fourth-order valence-electron chi connectivity index (χ4n) is 2.22. The Morgan fingerprint density at radius 1 is 1.18 bits per heavy atom. The van der Waals surface area contributed by atoms with E-state index in [1.165, 1.54) is 0 Å². The van der Waals surface area contributed by atoms with Crippen LogP contribution in [0.3, 0.4) is 0 Å². The summed E-state index contributed by atoms with van der Waals surface area (Å²) in [5.41, 5.74) is 1.44. The second-order valence-electron chi connectivity index (χ2n) is 5.11. The van der Waals surface area contributed by atoms with E-state index in [1.54, 1.807) is 22.5 Å². The summed E-state index contributed by atoms with van der Waals surface area (Å²) in [5.74, 6) is 0. The monoisotopic (exact) mass is 302 g/mol. The predicted molar refractivity (Wildman–Crippen MR) is 86.2 cm³/mol. The van der Waals surface area contributed by atoms with Crippen LogP contribution in [0.25, 0.3) is 5.69 Å². The van der Waals surface area contributed by atoms with Crippen LogP contribution >= 0.6 is 0 Å². The highest BCUT2D eigenvalue weighted by atomic mass is 16.2. The molecule has 0 fully saturated rings. The molecule has 0 saturated heterocycles. The number of aromatic nitrogens is 2. The van der Waals surface area contributed by atoms with Crippen LogP contribution in [0.15, 0.2) is 41.2 Å². The van der Waals surface area contributed by atoms with Gasteiger partial charge in [-0.2, -0.15) is 0 Å². The van der Waals surface area contributed by atoms with Crippen molar-refractivity contribution in [2.75, 3.05) is 6.54 Å². The minimum Gasteiger partial charge on any atom is -0.338 e. The maximum atomic E-state index is 12.1. The molecule has 0 unspecified atom stereocenters. The number of rotatable bonds is 6. The van der Waals surface area contributed by atoms with Crippen molar-refractivity contribution in [2.45, 2.75) is 26.3 Å². The highest BCUT2D eigenvalue weighted by Gasteiger charge is 2.10. The lowest BCUT2D eigenvalue weighted by Gasteiger charge is -2.11. The van der Waals surface area contributed by atoms with Gasteiger partial charge in [-0.05, 0) is 18.6 Å². The summed E-state index contributed by atoms with van der Waals surface area (Å²) in [6.45, 7) is 3.04. The Morgan fingerprint density at radius 2 is 1.91 bits per heavy atom. The molecule has 118 valence electrons. The molecule has 2 rings (SSSR count). The van der Waals surface area contributed by atoms with Crippen LogP contribution in [0.5, 0.6) is 0 Å². The van der Waals surface area contributed by atoms with Crippen molar-refractivity contribution in [1.29, 1.82) is 0 Å². The Morgan fingerprint density at radius 3 is 2.59 bits per heavy atom. The van der Waals surface area contributed by atoms with Crippen molar-refractivity contribution in [2.24, 2.45) is 7.05 Å². The third-order valence-corrected chi connectivity index (χ3v) is 3.46. The second kappa shape index (κ2) is 7.49. The van der Waals surface area contributed by atoms with Gasteiger partial charge in [-0.3, -0.25) is 9.48 Å². The third-order valence-electron chi connectivity index (χ3n) is 3.46. The summed E-state index contributed by atoms with van der Waals surface area (Å²) in [5, 5.41) is 5.55. The maximum absolute atomic E-state index is 12.1. The lowest BCUT2D eigenvalue weighted by Crippen LogP contribution is -2.36. The topological polar surface area (TPSA) is 68.1 Å². The average molecular weight is 302 g/mol. The third kappa shape index (κ3) is 3.78. The number of amides is 2. The fourth-order valence-corrected chi connectivity index (χ4v) is 2.22. The van der Waals surface area contributed by atoms with Crippen molar-refractivity contribution in [3.63, 3.8) is 0 Å². The van der Waals surface area contributed by atoms with E-state index in [2.05, 4.69) is 17.6 Å². The molecule has 2 amide bonds. The molecule has 0 saturated carbocycles. The second-order valence-corrected chi connectivity index (χ2v) is 5.11. The summed E-state index contributed by atoms with van der Waals surface area (Å²) in [6, 6.07) is 10.7. The van der Waals surface area contributed by atoms with E-state index >= 15 is 0 Å². The Labute approximate surface area is 129 Å². The highest BCUT2D eigenvalue weighted by molar-refractivity contribution is 5.73. The van der Waals surface area contributed by atoms with Gasteiger partial charge in [0.2, 0.25) is 0 Å². The molecule has 1 aromatic heterocycles. The highest BCUT2D eigenvalue weighted by Crippen LogP contribution is 2.06. The molecule has 1 aromatic carbocycles. The number of carbonyl (C=O) groups excluding carboxylic acids is 1. The van der Waals surface area contributed by atoms with Crippen LogP contribution in [0, 0.1) is 0 Å². The fraction of sp³-hybridized carbons (Fsp3) is 0.375. The first-order chi connectivity index (χ1) is 10.6. The van der Waals surface area contributed by atoms with E-state index in [9.17, 15) is 9.59 Å². The molecule has 2 N–H and O–H groups in total. The first-order valence-electron chi connectivity index (χ1n) is 7.48. The van der Waals surface area contributed by atoms with Crippen molar-refractivity contribution >= 4 is 6.03 Å². The molecule has 6 heteroatoms. The molecule has 22 heavy (non-hydrogen) atoms. The van der Waals surface area contributed by atoms with Crippen molar-refractivity contribution in [3.05, 3.63) is 52.4 Å². The molecule has 2 aromatic rings. The minimum absolute atomic E-state index is 0.114. The largest absolute Gasteiger partial charge is 0.338 e. The van der Waals surface area contributed by atoms with Crippen LogP contribution < -0.4 is 16.2 Å². The minimum atomic E-state index is -0.214.